The van der Waals surface area contributed by atoms with Crippen LogP contribution in [0.4, 0.5) is 4.79 Å². The topological polar surface area (TPSA) is 62.7 Å². The largest absolute Gasteiger partial charge is 0.448 e. The Bertz CT molecular complexity index is 929. The Hall–Kier alpha value is -3.18. The summed E-state index contributed by atoms with van der Waals surface area (Å²) >= 11 is 0. The van der Waals surface area contributed by atoms with Crippen LogP contribution in [0.1, 0.15) is 29.2 Å². The van der Waals surface area contributed by atoms with Crippen LogP contribution in [0, 0.1) is 0 Å². The second kappa shape index (κ2) is 8.88. The Balaban J connectivity index is 1.49. The first-order chi connectivity index (χ1) is 14.3. The molecule has 0 aliphatic heterocycles. The van der Waals surface area contributed by atoms with Crippen molar-refractivity contribution in [3.63, 3.8) is 0 Å². The van der Waals surface area contributed by atoms with E-state index < -0.39 is 0 Å². The van der Waals surface area contributed by atoms with Crippen molar-refractivity contribution < 1.29 is 14.6 Å². The van der Waals surface area contributed by atoms with Crippen molar-refractivity contribution in [2.45, 2.75) is 18.9 Å². The number of rotatable bonds is 7. The van der Waals surface area contributed by atoms with E-state index in [1.165, 1.54) is 22.3 Å². The molecule has 5 nitrogen and oxygen atoms in total. The summed E-state index contributed by atoms with van der Waals surface area (Å²) < 4.78 is 5.75. The second-order valence-corrected chi connectivity index (χ2v) is 7.12. The second-order valence-electron chi connectivity index (χ2n) is 7.12. The zero-order chi connectivity index (χ0) is 20.1. The predicted molar refractivity (Wildman–Crippen MR) is 111 cm³/mol. The third-order valence-electron chi connectivity index (χ3n) is 5.26. The molecule has 0 saturated carbocycles. The van der Waals surface area contributed by atoms with Crippen LogP contribution in [0.25, 0.3) is 11.1 Å². The van der Waals surface area contributed by atoms with E-state index in [0.29, 0.717) is 19.5 Å². The third kappa shape index (κ3) is 4.15. The van der Waals surface area contributed by atoms with Gasteiger partial charge in [0.15, 0.2) is 0 Å². The van der Waals surface area contributed by atoms with Crippen molar-refractivity contribution in [2.75, 3.05) is 19.8 Å². The normalized spacial score (nSPS) is 12.3. The molecule has 4 rings (SSSR count). The fourth-order valence-electron chi connectivity index (χ4n) is 3.87. The number of pyridine rings is 1. The molecule has 29 heavy (non-hydrogen) atoms. The van der Waals surface area contributed by atoms with Gasteiger partial charge in [-0.2, -0.15) is 0 Å². The maximum absolute atomic E-state index is 12.8. The minimum absolute atomic E-state index is 0.0232. The van der Waals surface area contributed by atoms with Crippen LogP contribution in [0.5, 0.6) is 0 Å². The van der Waals surface area contributed by atoms with E-state index in [9.17, 15) is 9.90 Å². The van der Waals surface area contributed by atoms with Gasteiger partial charge in [0, 0.05) is 25.3 Å². The molecule has 0 radical (unpaired) electrons. The Kier molecular flexibility index (Phi) is 5.86. The van der Waals surface area contributed by atoms with Gasteiger partial charge in [0.05, 0.1) is 12.2 Å². The fraction of sp³-hybridized carbons (Fsp3) is 0.250. The van der Waals surface area contributed by atoms with E-state index in [2.05, 4.69) is 29.2 Å². The number of aliphatic hydroxyl groups excluding tert-OH is 1. The maximum atomic E-state index is 12.8. The van der Waals surface area contributed by atoms with E-state index in [1.807, 2.05) is 42.5 Å². The number of ether oxygens (including phenoxy) is 1. The Morgan fingerprint density at radius 1 is 0.966 bits per heavy atom. The molecular formula is C24H24N2O3. The van der Waals surface area contributed by atoms with Crippen LogP contribution >= 0.6 is 0 Å². The SMILES string of the molecule is O=C(OCC1c2ccccc2-c2ccccc21)N(CCCO)Cc1ccccn1. The molecule has 0 fully saturated rings. The van der Waals surface area contributed by atoms with Crippen LogP contribution in [-0.4, -0.2) is 40.8 Å². The number of aliphatic hydroxyl groups is 1. The van der Waals surface area contributed by atoms with Gasteiger partial charge < -0.3 is 14.7 Å². The van der Waals surface area contributed by atoms with Gasteiger partial charge in [0.25, 0.3) is 0 Å². The smallest absolute Gasteiger partial charge is 0.410 e. The van der Waals surface area contributed by atoms with E-state index in [0.717, 1.165) is 5.69 Å². The number of carbonyl (C=O) groups excluding carboxylic acids is 1. The van der Waals surface area contributed by atoms with Crippen molar-refractivity contribution >= 4 is 6.09 Å². The summed E-state index contributed by atoms with van der Waals surface area (Å²) in [6.45, 7) is 1.08. The van der Waals surface area contributed by atoms with Crippen LogP contribution in [0.2, 0.25) is 0 Å². The van der Waals surface area contributed by atoms with Gasteiger partial charge in [-0.15, -0.1) is 0 Å². The predicted octanol–water partition coefficient (Wildman–Crippen LogP) is 4.22. The lowest BCUT2D eigenvalue weighted by atomic mass is 9.98. The monoisotopic (exact) mass is 388 g/mol. The summed E-state index contributed by atoms with van der Waals surface area (Å²) in [6.07, 6.45) is 1.82. The van der Waals surface area contributed by atoms with Crippen LogP contribution < -0.4 is 0 Å². The summed E-state index contributed by atoms with van der Waals surface area (Å²) in [7, 11) is 0. The van der Waals surface area contributed by atoms with E-state index in [1.54, 1.807) is 11.1 Å². The molecular weight excluding hydrogens is 364 g/mol. The molecule has 1 aromatic heterocycles. The van der Waals surface area contributed by atoms with Gasteiger partial charge in [-0.3, -0.25) is 4.98 Å². The Morgan fingerprint density at radius 2 is 1.62 bits per heavy atom. The van der Waals surface area contributed by atoms with Crippen molar-refractivity contribution in [3.8, 4) is 11.1 Å². The quantitative estimate of drug-likeness (QED) is 0.658. The highest BCUT2D eigenvalue weighted by atomic mass is 16.6. The fourth-order valence-corrected chi connectivity index (χ4v) is 3.87. The molecule has 0 bridgehead atoms. The standard InChI is InChI=1S/C24H24N2O3/c27-15-7-14-26(16-18-8-5-6-13-25-18)24(28)29-17-23-21-11-3-1-9-19(21)20-10-2-4-12-22(20)23/h1-6,8-13,23,27H,7,14-17H2. The molecule has 1 heterocycles. The van der Waals surface area contributed by atoms with Crippen LogP contribution in [0.15, 0.2) is 72.9 Å². The Labute approximate surface area is 170 Å². The van der Waals surface area contributed by atoms with Crippen molar-refractivity contribution in [1.29, 1.82) is 0 Å². The number of benzene rings is 2. The molecule has 1 amide bonds. The van der Waals surface area contributed by atoms with Gasteiger partial charge in [-0.1, -0.05) is 54.6 Å². The minimum Gasteiger partial charge on any atom is -0.448 e. The number of fused-ring (bicyclic) bond motifs is 3. The first kappa shape index (κ1) is 19.2. The maximum Gasteiger partial charge on any atom is 0.410 e. The lowest BCUT2D eigenvalue weighted by Gasteiger charge is -2.23. The molecule has 0 spiro atoms. The number of aromatic nitrogens is 1. The summed E-state index contributed by atoms with van der Waals surface area (Å²) in [6, 6.07) is 22.2. The average Bonchev–Trinajstić information content (AvgIpc) is 3.09. The number of nitrogens with zero attached hydrogens (tertiary/aromatic N) is 2. The molecule has 1 aliphatic carbocycles. The molecule has 0 atom stereocenters. The molecule has 1 aliphatic rings. The summed E-state index contributed by atoms with van der Waals surface area (Å²) in [5.41, 5.74) is 5.57. The molecule has 0 saturated heterocycles. The molecule has 5 heteroatoms. The van der Waals surface area contributed by atoms with Gasteiger partial charge >= 0.3 is 6.09 Å². The van der Waals surface area contributed by atoms with Crippen molar-refractivity contribution in [1.82, 2.24) is 9.88 Å². The minimum atomic E-state index is -0.383. The summed E-state index contributed by atoms with van der Waals surface area (Å²) in [5, 5.41) is 9.19. The van der Waals surface area contributed by atoms with Gasteiger partial charge in [0.1, 0.15) is 6.61 Å². The highest BCUT2D eigenvalue weighted by molar-refractivity contribution is 5.79. The van der Waals surface area contributed by atoms with E-state index in [-0.39, 0.29) is 25.2 Å². The van der Waals surface area contributed by atoms with Gasteiger partial charge in [-0.25, -0.2) is 4.79 Å². The molecule has 2 aromatic carbocycles. The molecule has 0 unspecified atom stereocenters. The highest BCUT2D eigenvalue weighted by Crippen LogP contribution is 2.44. The number of hydrogen-bond donors (Lipinski definition) is 1. The first-order valence-electron chi connectivity index (χ1n) is 9.88. The van der Waals surface area contributed by atoms with Crippen LogP contribution in [-0.2, 0) is 11.3 Å². The zero-order valence-electron chi connectivity index (χ0n) is 16.2. The van der Waals surface area contributed by atoms with Gasteiger partial charge in [0.2, 0.25) is 0 Å². The third-order valence-corrected chi connectivity index (χ3v) is 5.26. The first-order valence-corrected chi connectivity index (χ1v) is 9.88. The summed E-state index contributed by atoms with van der Waals surface area (Å²) in [4.78, 5) is 18.7. The van der Waals surface area contributed by atoms with E-state index in [4.69, 9.17) is 4.74 Å². The van der Waals surface area contributed by atoms with Crippen molar-refractivity contribution in [3.05, 3.63) is 89.7 Å². The van der Waals surface area contributed by atoms with Gasteiger partial charge in [-0.05, 0) is 40.8 Å². The van der Waals surface area contributed by atoms with E-state index >= 15 is 0 Å². The highest BCUT2D eigenvalue weighted by Gasteiger charge is 2.29. The number of carbonyl (C=O) groups is 1. The zero-order valence-corrected chi connectivity index (χ0v) is 16.2. The van der Waals surface area contributed by atoms with Crippen LogP contribution in [0.3, 0.4) is 0 Å². The number of hydrogen-bond acceptors (Lipinski definition) is 4. The average molecular weight is 388 g/mol. The molecule has 1 N–H and O–H groups in total. The lowest BCUT2D eigenvalue weighted by Crippen LogP contribution is -2.33. The van der Waals surface area contributed by atoms with Crippen molar-refractivity contribution in [2.24, 2.45) is 0 Å². The molecule has 3 aromatic rings. The molecule has 148 valence electrons. The summed E-state index contributed by atoms with van der Waals surface area (Å²) in [5.74, 6) is 0.0286. The number of amides is 1. The Morgan fingerprint density at radius 3 is 2.24 bits per heavy atom. The lowest BCUT2D eigenvalue weighted by molar-refractivity contribution is 0.0940.